The average molecular weight is 348 g/mol. The first-order valence-electron chi connectivity index (χ1n) is 7.54. The molecule has 25 heavy (non-hydrogen) atoms. The molecule has 0 aromatic rings. The van der Waals surface area contributed by atoms with Gasteiger partial charge in [0.15, 0.2) is 0 Å². The van der Waals surface area contributed by atoms with Crippen molar-refractivity contribution in [2.45, 2.75) is 32.7 Å². The van der Waals surface area contributed by atoms with Crippen LogP contribution in [-0.2, 0) is 23.8 Å². The van der Waals surface area contributed by atoms with E-state index < -0.39 is 12.3 Å². The van der Waals surface area contributed by atoms with Crippen LogP contribution in [0.15, 0.2) is 74.9 Å². The molecule has 0 aliphatic rings. The highest BCUT2D eigenvalue weighted by Gasteiger charge is 2.10. The molecule has 0 aromatic heterocycles. The van der Waals surface area contributed by atoms with Gasteiger partial charge in [0.2, 0.25) is 6.29 Å². The lowest BCUT2D eigenvalue weighted by molar-refractivity contribution is -0.162. The van der Waals surface area contributed by atoms with Gasteiger partial charge in [-0.3, -0.25) is 0 Å². The molecule has 0 aromatic carbocycles. The first-order chi connectivity index (χ1) is 11.7. The Morgan fingerprint density at radius 3 is 1.76 bits per heavy atom. The van der Waals surface area contributed by atoms with E-state index in [0.29, 0.717) is 24.2 Å². The Kier molecular flexibility index (Phi) is 14.7. The Bertz CT molecular complexity index is 516. The molecule has 0 aliphatic carbocycles. The molecule has 138 valence electrons. The highest BCUT2D eigenvalue weighted by molar-refractivity contribution is 5.87. The van der Waals surface area contributed by atoms with E-state index in [9.17, 15) is 9.59 Å². The lowest BCUT2D eigenvalue weighted by Crippen LogP contribution is -2.19. The Labute approximate surface area is 150 Å². The molecule has 0 rings (SSSR count). The van der Waals surface area contributed by atoms with E-state index in [1.54, 1.807) is 32.1 Å². The second kappa shape index (κ2) is 14.9. The molecule has 0 N–H and O–H groups in total. The minimum Gasteiger partial charge on any atom is -0.454 e. The van der Waals surface area contributed by atoms with Crippen LogP contribution in [0.5, 0.6) is 0 Å². The van der Waals surface area contributed by atoms with Crippen molar-refractivity contribution in [3.05, 3.63) is 74.9 Å². The fourth-order valence-electron chi connectivity index (χ4n) is 1.11. The fraction of sp³-hybridized carbons (Fsp3) is 0.300. The summed E-state index contributed by atoms with van der Waals surface area (Å²) in [7, 11) is 0. The number of carbonyl (C=O) groups excluding carboxylic acids is 2. The smallest absolute Gasteiger partial charge is 0.335 e. The van der Waals surface area contributed by atoms with Crippen LogP contribution < -0.4 is 0 Å². The molecule has 0 heterocycles. The zero-order valence-electron chi connectivity index (χ0n) is 15.2. The van der Waals surface area contributed by atoms with Gasteiger partial charge in [0.05, 0.1) is 6.61 Å². The van der Waals surface area contributed by atoms with Gasteiger partial charge in [0.25, 0.3) is 0 Å². The van der Waals surface area contributed by atoms with Gasteiger partial charge in [-0.2, -0.15) is 0 Å². The maximum Gasteiger partial charge on any atom is 0.335 e. The Morgan fingerprint density at radius 2 is 1.40 bits per heavy atom. The van der Waals surface area contributed by atoms with Crippen LogP contribution in [-0.4, -0.2) is 30.9 Å². The maximum atomic E-state index is 11.0. The zero-order valence-corrected chi connectivity index (χ0v) is 15.2. The standard InChI is InChI=1S/C10H14O3.C10H14O2/c1-5-7-12-9(6-2)13-10(11)8(3)4;1-5-7-9(6-2)12-10(11)8(3)4/h5-6,9H,1-3,7H2,4H3;5-6,9H,1-3,7H2,4H3. The Balaban J connectivity index is 0. The number of carbonyl (C=O) groups is 2. The van der Waals surface area contributed by atoms with Crippen LogP contribution in [0, 0.1) is 0 Å². The van der Waals surface area contributed by atoms with Crippen LogP contribution >= 0.6 is 0 Å². The van der Waals surface area contributed by atoms with Crippen LogP contribution in [0.25, 0.3) is 0 Å². The van der Waals surface area contributed by atoms with E-state index in [1.165, 1.54) is 6.08 Å². The van der Waals surface area contributed by atoms with E-state index in [2.05, 4.69) is 39.5 Å². The molecular formula is C20H28O5. The summed E-state index contributed by atoms with van der Waals surface area (Å²) in [5.41, 5.74) is 0.722. The first kappa shape index (κ1) is 24.6. The summed E-state index contributed by atoms with van der Waals surface area (Å²) >= 11 is 0. The molecule has 2 unspecified atom stereocenters. The number of hydrogen-bond acceptors (Lipinski definition) is 5. The third-order valence-corrected chi connectivity index (χ3v) is 2.41. The quantitative estimate of drug-likeness (QED) is 0.244. The first-order valence-corrected chi connectivity index (χ1v) is 7.54. The number of hydrogen-bond donors (Lipinski definition) is 0. The molecule has 0 amide bonds. The molecule has 0 fully saturated rings. The van der Waals surface area contributed by atoms with Gasteiger partial charge in [-0.25, -0.2) is 9.59 Å². The van der Waals surface area contributed by atoms with E-state index in [-0.39, 0.29) is 12.1 Å². The van der Waals surface area contributed by atoms with Crippen molar-refractivity contribution < 1.29 is 23.8 Å². The van der Waals surface area contributed by atoms with Crippen LogP contribution in [0.1, 0.15) is 20.3 Å². The number of ether oxygens (including phenoxy) is 3. The normalized spacial score (nSPS) is 11.4. The van der Waals surface area contributed by atoms with E-state index in [4.69, 9.17) is 14.2 Å². The molecule has 0 radical (unpaired) electrons. The third kappa shape index (κ3) is 13.5. The monoisotopic (exact) mass is 348 g/mol. The molecule has 0 saturated carbocycles. The van der Waals surface area contributed by atoms with Gasteiger partial charge in [0.1, 0.15) is 6.10 Å². The van der Waals surface area contributed by atoms with Gasteiger partial charge in [-0.15, -0.1) is 13.2 Å². The second-order valence-corrected chi connectivity index (χ2v) is 4.90. The Hall–Kier alpha value is -2.66. The minimum absolute atomic E-state index is 0.285. The molecule has 0 spiro atoms. The van der Waals surface area contributed by atoms with Crippen molar-refractivity contribution in [2.75, 3.05) is 6.61 Å². The summed E-state index contributed by atoms with van der Waals surface area (Å²) in [6, 6.07) is 0. The SMILES string of the molecule is C=CCC(C=C)OC(=O)C(=C)C.C=CCOC(C=C)OC(=O)C(=C)C. The maximum absolute atomic E-state index is 11.0. The van der Waals surface area contributed by atoms with Gasteiger partial charge in [0, 0.05) is 17.6 Å². The molecular weight excluding hydrogens is 320 g/mol. The van der Waals surface area contributed by atoms with Gasteiger partial charge in [-0.05, 0) is 19.9 Å². The van der Waals surface area contributed by atoms with Crippen molar-refractivity contribution >= 4 is 11.9 Å². The largest absolute Gasteiger partial charge is 0.454 e. The van der Waals surface area contributed by atoms with Crippen molar-refractivity contribution in [1.29, 1.82) is 0 Å². The summed E-state index contributed by atoms with van der Waals surface area (Å²) in [4.78, 5) is 22.0. The average Bonchev–Trinajstić information content (AvgIpc) is 2.58. The molecule has 0 aliphatic heterocycles. The molecule has 0 saturated heterocycles. The van der Waals surface area contributed by atoms with Crippen molar-refractivity contribution in [2.24, 2.45) is 0 Å². The van der Waals surface area contributed by atoms with E-state index in [0.717, 1.165) is 0 Å². The van der Waals surface area contributed by atoms with E-state index >= 15 is 0 Å². The molecule has 0 bridgehead atoms. The highest BCUT2D eigenvalue weighted by Crippen LogP contribution is 2.04. The predicted octanol–water partition coefficient (Wildman–Crippen LogP) is 4.06. The molecule has 5 heteroatoms. The Morgan fingerprint density at radius 1 is 0.880 bits per heavy atom. The number of esters is 2. The van der Waals surface area contributed by atoms with Crippen LogP contribution in [0.2, 0.25) is 0 Å². The summed E-state index contributed by atoms with van der Waals surface area (Å²) in [5, 5.41) is 0. The van der Waals surface area contributed by atoms with Gasteiger partial charge >= 0.3 is 11.9 Å². The van der Waals surface area contributed by atoms with Gasteiger partial charge in [-0.1, -0.05) is 44.5 Å². The molecule has 2 atom stereocenters. The zero-order chi connectivity index (χ0) is 19.8. The fourth-order valence-corrected chi connectivity index (χ4v) is 1.11. The summed E-state index contributed by atoms with van der Waals surface area (Å²) < 4.78 is 14.9. The second-order valence-electron chi connectivity index (χ2n) is 4.90. The lowest BCUT2D eigenvalue weighted by atomic mass is 10.2. The predicted molar refractivity (Wildman–Crippen MR) is 101 cm³/mol. The lowest BCUT2D eigenvalue weighted by Gasteiger charge is -2.13. The highest BCUT2D eigenvalue weighted by atomic mass is 16.7. The summed E-state index contributed by atoms with van der Waals surface area (Å²) in [5.74, 6) is -0.879. The van der Waals surface area contributed by atoms with Crippen molar-refractivity contribution in [3.63, 3.8) is 0 Å². The van der Waals surface area contributed by atoms with Crippen molar-refractivity contribution in [1.82, 2.24) is 0 Å². The van der Waals surface area contributed by atoms with Gasteiger partial charge < -0.3 is 14.2 Å². The van der Waals surface area contributed by atoms with E-state index in [1.807, 2.05) is 0 Å². The topological polar surface area (TPSA) is 61.8 Å². The molecule has 5 nitrogen and oxygen atoms in total. The van der Waals surface area contributed by atoms with Crippen LogP contribution in [0.3, 0.4) is 0 Å². The minimum atomic E-state index is -0.734. The number of rotatable bonds is 11. The van der Waals surface area contributed by atoms with Crippen LogP contribution in [0.4, 0.5) is 0 Å². The third-order valence-electron chi connectivity index (χ3n) is 2.41. The summed E-state index contributed by atoms with van der Waals surface area (Å²) in [6.07, 6.45) is 5.77. The van der Waals surface area contributed by atoms with Crippen molar-refractivity contribution in [3.8, 4) is 0 Å². The summed E-state index contributed by atoms with van der Waals surface area (Å²) in [6.45, 7) is 24.4.